The van der Waals surface area contributed by atoms with E-state index in [1.807, 2.05) is 13.0 Å². The summed E-state index contributed by atoms with van der Waals surface area (Å²) in [6, 6.07) is 13.1. The first-order valence-electron chi connectivity index (χ1n) is 8.77. The Kier molecular flexibility index (Phi) is 5.68. The van der Waals surface area contributed by atoms with Gasteiger partial charge in [-0.05, 0) is 36.8 Å². The molecule has 0 aliphatic heterocycles. The molecule has 0 unspecified atom stereocenters. The first kappa shape index (κ1) is 21.0. The molecule has 0 heterocycles. The van der Waals surface area contributed by atoms with E-state index >= 15 is 0 Å². The van der Waals surface area contributed by atoms with E-state index in [1.165, 1.54) is 6.07 Å². The number of benzene rings is 3. The van der Waals surface area contributed by atoms with Crippen molar-refractivity contribution in [3.05, 3.63) is 102 Å². The van der Waals surface area contributed by atoms with Gasteiger partial charge >= 0.3 is 0 Å². The lowest BCUT2D eigenvalue weighted by Crippen LogP contribution is -2.14. The SMILES string of the molecule is Cc1cccc(NC(=O)c2cc([N+](=O)[O-])ccc2-c2ccc([N+](=O)[O-])cc2[N+](=O)[O-])c1. The standard InChI is InChI=1S/C20H14N4O7/c1-12-3-2-4-13(9-12)21-20(25)18-10-14(22(26)27)5-7-16(18)17-8-6-15(23(28)29)11-19(17)24(30)31/h2-11H,1H3,(H,21,25). The maximum Gasteiger partial charge on any atom is 0.284 e. The largest absolute Gasteiger partial charge is 0.322 e. The molecule has 0 aliphatic carbocycles. The Bertz CT molecular complexity index is 1240. The Morgan fingerprint density at radius 2 is 1.39 bits per heavy atom. The predicted molar refractivity (Wildman–Crippen MR) is 111 cm³/mol. The Morgan fingerprint density at radius 3 is 1.97 bits per heavy atom. The second-order valence-electron chi connectivity index (χ2n) is 6.53. The van der Waals surface area contributed by atoms with Crippen molar-refractivity contribution in [2.75, 3.05) is 5.32 Å². The van der Waals surface area contributed by atoms with Crippen molar-refractivity contribution in [2.24, 2.45) is 0 Å². The van der Waals surface area contributed by atoms with E-state index in [9.17, 15) is 35.1 Å². The summed E-state index contributed by atoms with van der Waals surface area (Å²) in [5.74, 6) is -0.725. The molecular weight excluding hydrogens is 408 g/mol. The summed E-state index contributed by atoms with van der Waals surface area (Å²) in [5.41, 5.74) is -0.438. The van der Waals surface area contributed by atoms with Gasteiger partial charge in [-0.1, -0.05) is 12.1 Å². The molecule has 0 bridgehead atoms. The fraction of sp³-hybridized carbons (Fsp3) is 0.0500. The molecule has 0 saturated carbocycles. The minimum atomic E-state index is -0.814. The van der Waals surface area contributed by atoms with Gasteiger partial charge in [0.25, 0.3) is 23.0 Å². The van der Waals surface area contributed by atoms with E-state index in [4.69, 9.17) is 0 Å². The zero-order valence-electron chi connectivity index (χ0n) is 16.0. The highest BCUT2D eigenvalue weighted by molar-refractivity contribution is 6.09. The van der Waals surface area contributed by atoms with E-state index in [-0.39, 0.29) is 22.4 Å². The van der Waals surface area contributed by atoms with Crippen molar-refractivity contribution in [3.63, 3.8) is 0 Å². The number of anilines is 1. The number of nitrogens with one attached hydrogen (secondary N) is 1. The summed E-state index contributed by atoms with van der Waals surface area (Å²) < 4.78 is 0. The molecule has 0 aliphatic rings. The summed E-state index contributed by atoms with van der Waals surface area (Å²) in [6.07, 6.45) is 0. The summed E-state index contributed by atoms with van der Waals surface area (Å²) in [5, 5.41) is 36.3. The van der Waals surface area contributed by atoms with Gasteiger partial charge in [-0.2, -0.15) is 0 Å². The molecule has 3 aromatic carbocycles. The van der Waals surface area contributed by atoms with Crippen LogP contribution in [0.5, 0.6) is 0 Å². The van der Waals surface area contributed by atoms with Crippen LogP contribution in [0.25, 0.3) is 11.1 Å². The fourth-order valence-corrected chi connectivity index (χ4v) is 3.00. The number of aryl methyl sites for hydroxylation is 1. The van der Waals surface area contributed by atoms with Gasteiger partial charge in [-0.25, -0.2) is 0 Å². The summed E-state index contributed by atoms with van der Waals surface area (Å²) >= 11 is 0. The molecule has 1 amide bonds. The molecule has 11 heteroatoms. The number of nitro benzene ring substituents is 3. The van der Waals surface area contributed by atoms with E-state index in [0.29, 0.717) is 5.69 Å². The molecule has 0 saturated heterocycles. The molecule has 3 rings (SSSR count). The van der Waals surface area contributed by atoms with E-state index in [2.05, 4.69) is 5.32 Å². The van der Waals surface area contributed by atoms with Crippen LogP contribution < -0.4 is 5.32 Å². The van der Waals surface area contributed by atoms with Gasteiger partial charge in [0.2, 0.25) is 0 Å². The Hall–Kier alpha value is -4.67. The average molecular weight is 422 g/mol. The smallest absolute Gasteiger partial charge is 0.284 e. The zero-order chi connectivity index (χ0) is 22.7. The first-order chi connectivity index (χ1) is 14.7. The van der Waals surface area contributed by atoms with Crippen LogP contribution in [0.4, 0.5) is 22.7 Å². The van der Waals surface area contributed by atoms with E-state index in [0.717, 1.165) is 35.9 Å². The van der Waals surface area contributed by atoms with Gasteiger partial charge in [-0.15, -0.1) is 0 Å². The molecular formula is C20H14N4O7. The van der Waals surface area contributed by atoms with Crippen molar-refractivity contribution < 1.29 is 19.6 Å². The number of non-ortho nitro benzene ring substituents is 2. The van der Waals surface area contributed by atoms with Crippen molar-refractivity contribution >= 4 is 28.7 Å². The van der Waals surface area contributed by atoms with Crippen molar-refractivity contribution in [1.29, 1.82) is 0 Å². The van der Waals surface area contributed by atoms with Gasteiger partial charge in [0.05, 0.1) is 32.0 Å². The van der Waals surface area contributed by atoms with Crippen LogP contribution in [0, 0.1) is 37.3 Å². The van der Waals surface area contributed by atoms with Crippen LogP contribution in [-0.2, 0) is 0 Å². The minimum absolute atomic E-state index is 0.0253. The number of nitro groups is 3. The number of carbonyl (C=O) groups is 1. The monoisotopic (exact) mass is 422 g/mol. The minimum Gasteiger partial charge on any atom is -0.322 e. The molecule has 0 aromatic heterocycles. The predicted octanol–water partition coefficient (Wildman–Crippen LogP) is 4.64. The number of hydrogen-bond acceptors (Lipinski definition) is 7. The molecule has 3 aromatic rings. The third-order valence-electron chi connectivity index (χ3n) is 4.41. The average Bonchev–Trinajstić information content (AvgIpc) is 2.72. The lowest BCUT2D eigenvalue weighted by atomic mass is 9.96. The molecule has 0 radical (unpaired) electrons. The van der Waals surface area contributed by atoms with Crippen LogP contribution in [-0.4, -0.2) is 20.7 Å². The molecule has 156 valence electrons. The second kappa shape index (κ2) is 8.37. The van der Waals surface area contributed by atoms with Gasteiger partial charge in [0.15, 0.2) is 0 Å². The number of amides is 1. The Labute approximate surface area is 174 Å². The molecule has 31 heavy (non-hydrogen) atoms. The number of carbonyl (C=O) groups excluding carboxylic acids is 1. The molecule has 0 fully saturated rings. The third-order valence-corrected chi connectivity index (χ3v) is 4.41. The highest BCUT2D eigenvalue weighted by Gasteiger charge is 2.25. The van der Waals surface area contributed by atoms with Gasteiger partial charge in [0.1, 0.15) is 0 Å². The molecule has 0 spiro atoms. The highest BCUT2D eigenvalue weighted by atomic mass is 16.6. The third kappa shape index (κ3) is 4.50. The number of rotatable bonds is 6. The summed E-state index contributed by atoms with van der Waals surface area (Å²) in [7, 11) is 0. The maximum atomic E-state index is 12.9. The van der Waals surface area contributed by atoms with Gasteiger partial charge < -0.3 is 5.32 Å². The molecule has 1 N–H and O–H groups in total. The van der Waals surface area contributed by atoms with Crippen molar-refractivity contribution in [1.82, 2.24) is 0 Å². The van der Waals surface area contributed by atoms with Crippen molar-refractivity contribution in [2.45, 2.75) is 6.92 Å². The topological polar surface area (TPSA) is 159 Å². The van der Waals surface area contributed by atoms with Crippen LogP contribution >= 0.6 is 0 Å². The van der Waals surface area contributed by atoms with Crippen LogP contribution in [0.15, 0.2) is 60.7 Å². The van der Waals surface area contributed by atoms with Crippen LogP contribution in [0.3, 0.4) is 0 Å². The first-order valence-corrected chi connectivity index (χ1v) is 8.77. The van der Waals surface area contributed by atoms with Crippen LogP contribution in [0.2, 0.25) is 0 Å². The fourth-order valence-electron chi connectivity index (χ4n) is 3.00. The summed E-state index contributed by atoms with van der Waals surface area (Å²) in [4.78, 5) is 44.4. The molecule has 11 nitrogen and oxygen atoms in total. The van der Waals surface area contributed by atoms with E-state index < -0.39 is 32.1 Å². The lowest BCUT2D eigenvalue weighted by molar-refractivity contribution is -0.393. The normalized spacial score (nSPS) is 10.4. The Balaban J connectivity index is 2.17. The zero-order valence-corrected chi connectivity index (χ0v) is 16.0. The summed E-state index contributed by atoms with van der Waals surface area (Å²) in [6.45, 7) is 1.81. The molecule has 0 atom stereocenters. The number of hydrogen-bond donors (Lipinski definition) is 1. The van der Waals surface area contributed by atoms with E-state index in [1.54, 1.807) is 18.2 Å². The van der Waals surface area contributed by atoms with Gasteiger partial charge in [-0.3, -0.25) is 35.1 Å². The van der Waals surface area contributed by atoms with Gasteiger partial charge in [0, 0.05) is 29.4 Å². The quantitative estimate of drug-likeness (QED) is 0.447. The number of nitrogens with zero attached hydrogens (tertiary/aromatic N) is 3. The Morgan fingerprint density at radius 1 is 0.774 bits per heavy atom. The lowest BCUT2D eigenvalue weighted by Gasteiger charge is -2.11. The van der Waals surface area contributed by atoms with Crippen molar-refractivity contribution in [3.8, 4) is 11.1 Å². The maximum absolute atomic E-state index is 12.9. The van der Waals surface area contributed by atoms with Crippen LogP contribution in [0.1, 0.15) is 15.9 Å². The second-order valence-corrected chi connectivity index (χ2v) is 6.53. The highest BCUT2D eigenvalue weighted by Crippen LogP contribution is 2.36.